The Morgan fingerprint density at radius 1 is 1.14 bits per heavy atom. The smallest absolute Gasteiger partial charge is 0.332 e. The summed E-state index contributed by atoms with van der Waals surface area (Å²) >= 11 is 5.89. The van der Waals surface area contributed by atoms with Crippen LogP contribution in [0, 0.1) is 0 Å². The molecular weight excluding hydrogens is 386 g/mol. The van der Waals surface area contributed by atoms with Crippen molar-refractivity contribution in [1.29, 1.82) is 0 Å². The first-order valence-corrected chi connectivity index (χ1v) is 9.14. The van der Waals surface area contributed by atoms with Gasteiger partial charge in [-0.15, -0.1) is 0 Å². The van der Waals surface area contributed by atoms with Crippen molar-refractivity contribution in [3.05, 3.63) is 55.7 Å². The second-order valence-corrected chi connectivity index (χ2v) is 7.00. The van der Waals surface area contributed by atoms with Crippen molar-refractivity contribution in [3.63, 3.8) is 0 Å². The van der Waals surface area contributed by atoms with Crippen LogP contribution in [0.15, 0.2) is 33.9 Å². The Kier molecular flexibility index (Phi) is 5.87. The van der Waals surface area contributed by atoms with Crippen LogP contribution in [0.2, 0.25) is 5.02 Å². The number of benzene rings is 1. The van der Waals surface area contributed by atoms with Gasteiger partial charge in [0.25, 0.3) is 5.56 Å². The molecule has 0 aliphatic heterocycles. The molecule has 1 unspecified atom stereocenters. The number of hydrogen-bond donors (Lipinski definition) is 3. The van der Waals surface area contributed by atoms with Crippen LogP contribution in [0.4, 0.5) is 5.95 Å². The van der Waals surface area contributed by atoms with Crippen LogP contribution in [0.1, 0.15) is 12.0 Å². The Labute approximate surface area is 165 Å². The third-order valence-electron chi connectivity index (χ3n) is 4.65. The van der Waals surface area contributed by atoms with Gasteiger partial charge in [0.15, 0.2) is 11.2 Å². The standard InChI is InChI=1S/C18H22ClN5O4/c1-22-14-15(21-17(22)20-13(10-26)7-8-25)23(2)18(28)24(16(14)27)9-11-3-5-12(19)6-4-11/h3-6,13,25-26H,7-10H2,1-2H3,(H,20,21). The molecule has 0 radical (unpaired) electrons. The number of rotatable bonds is 7. The van der Waals surface area contributed by atoms with E-state index in [1.165, 1.54) is 4.57 Å². The van der Waals surface area contributed by atoms with Crippen molar-refractivity contribution in [2.45, 2.75) is 19.0 Å². The summed E-state index contributed by atoms with van der Waals surface area (Å²) in [6.45, 7) is -0.200. The minimum Gasteiger partial charge on any atom is -0.396 e. The summed E-state index contributed by atoms with van der Waals surface area (Å²) in [6, 6.07) is 6.50. The summed E-state index contributed by atoms with van der Waals surface area (Å²) in [5.74, 6) is 0.332. The number of fused-ring (bicyclic) bond motifs is 1. The third-order valence-corrected chi connectivity index (χ3v) is 4.90. The predicted molar refractivity (Wildman–Crippen MR) is 107 cm³/mol. The average molecular weight is 408 g/mol. The van der Waals surface area contributed by atoms with Crippen molar-refractivity contribution >= 4 is 28.7 Å². The molecular formula is C18H22ClN5O4. The molecule has 0 aliphatic carbocycles. The molecule has 3 N–H and O–H groups in total. The molecule has 0 saturated heterocycles. The van der Waals surface area contributed by atoms with E-state index in [2.05, 4.69) is 10.3 Å². The fourth-order valence-corrected chi connectivity index (χ4v) is 3.16. The maximum absolute atomic E-state index is 13.0. The van der Waals surface area contributed by atoms with E-state index in [9.17, 15) is 14.7 Å². The topological polar surface area (TPSA) is 114 Å². The Morgan fingerprint density at radius 2 is 1.82 bits per heavy atom. The van der Waals surface area contributed by atoms with Gasteiger partial charge in [-0.25, -0.2) is 4.79 Å². The van der Waals surface area contributed by atoms with Crippen LogP contribution < -0.4 is 16.6 Å². The van der Waals surface area contributed by atoms with E-state index in [1.54, 1.807) is 42.9 Å². The number of anilines is 1. The lowest BCUT2D eigenvalue weighted by Crippen LogP contribution is -2.39. The number of hydrogen-bond acceptors (Lipinski definition) is 6. The highest BCUT2D eigenvalue weighted by molar-refractivity contribution is 6.30. The zero-order valence-corrected chi connectivity index (χ0v) is 16.3. The monoisotopic (exact) mass is 407 g/mol. The lowest BCUT2D eigenvalue weighted by atomic mass is 10.2. The van der Waals surface area contributed by atoms with E-state index in [0.29, 0.717) is 17.4 Å². The SMILES string of the molecule is Cn1c(NC(CO)CCO)nc2c1c(=O)n(Cc1ccc(Cl)cc1)c(=O)n2C. The largest absolute Gasteiger partial charge is 0.396 e. The molecule has 150 valence electrons. The molecule has 9 nitrogen and oxygen atoms in total. The van der Waals surface area contributed by atoms with Gasteiger partial charge in [-0.3, -0.25) is 13.9 Å². The van der Waals surface area contributed by atoms with Gasteiger partial charge in [-0.1, -0.05) is 23.7 Å². The average Bonchev–Trinajstić information content (AvgIpc) is 3.01. The summed E-state index contributed by atoms with van der Waals surface area (Å²) in [7, 11) is 3.21. The molecule has 1 aromatic carbocycles. The van der Waals surface area contributed by atoms with Gasteiger partial charge >= 0.3 is 5.69 Å². The molecule has 3 aromatic rings. The molecule has 0 bridgehead atoms. The highest BCUT2D eigenvalue weighted by atomic mass is 35.5. The number of aliphatic hydroxyl groups is 2. The number of aliphatic hydroxyl groups excluding tert-OH is 2. The summed E-state index contributed by atoms with van der Waals surface area (Å²) < 4.78 is 4.02. The minimum absolute atomic E-state index is 0.103. The van der Waals surface area contributed by atoms with E-state index in [0.717, 1.165) is 10.1 Å². The highest BCUT2D eigenvalue weighted by Gasteiger charge is 2.20. The molecule has 1 atom stereocenters. The van der Waals surface area contributed by atoms with Crippen LogP contribution in [0.3, 0.4) is 0 Å². The molecule has 3 rings (SSSR count). The summed E-state index contributed by atoms with van der Waals surface area (Å²) in [6.07, 6.45) is 0.319. The van der Waals surface area contributed by atoms with Crippen molar-refractivity contribution in [2.24, 2.45) is 14.1 Å². The van der Waals surface area contributed by atoms with Crippen molar-refractivity contribution in [2.75, 3.05) is 18.5 Å². The molecule has 0 fully saturated rings. The predicted octanol–water partition coefficient (Wildman–Crippen LogP) is 0.291. The van der Waals surface area contributed by atoms with Gasteiger partial charge in [0, 0.05) is 25.7 Å². The number of aromatic nitrogens is 4. The molecule has 2 heterocycles. The van der Waals surface area contributed by atoms with Gasteiger partial charge in [-0.2, -0.15) is 4.98 Å². The van der Waals surface area contributed by atoms with Gasteiger partial charge in [0.05, 0.1) is 19.2 Å². The van der Waals surface area contributed by atoms with Crippen molar-refractivity contribution in [3.8, 4) is 0 Å². The summed E-state index contributed by atoms with van der Waals surface area (Å²) in [5.41, 5.74) is 0.337. The molecule has 2 aromatic heterocycles. The first kappa shape index (κ1) is 20.1. The third kappa shape index (κ3) is 3.68. The van der Waals surface area contributed by atoms with Crippen LogP contribution in [0.5, 0.6) is 0 Å². The second-order valence-electron chi connectivity index (χ2n) is 6.56. The molecule has 28 heavy (non-hydrogen) atoms. The normalized spacial score (nSPS) is 12.5. The van der Waals surface area contributed by atoms with E-state index >= 15 is 0 Å². The minimum atomic E-state index is -0.480. The van der Waals surface area contributed by atoms with Gasteiger partial charge < -0.3 is 20.1 Å². The Morgan fingerprint density at radius 3 is 2.43 bits per heavy atom. The zero-order valence-electron chi connectivity index (χ0n) is 15.6. The molecule has 0 aliphatic rings. The fraction of sp³-hybridized carbons (Fsp3) is 0.389. The number of aryl methyl sites for hydroxylation is 2. The van der Waals surface area contributed by atoms with E-state index < -0.39 is 17.3 Å². The summed E-state index contributed by atoms with van der Waals surface area (Å²) in [5, 5.41) is 22.1. The lowest BCUT2D eigenvalue weighted by Gasteiger charge is -2.15. The number of nitrogens with zero attached hydrogens (tertiary/aromatic N) is 4. The Balaban J connectivity index is 2.10. The molecule has 0 spiro atoms. The maximum Gasteiger partial charge on any atom is 0.332 e. The van der Waals surface area contributed by atoms with Gasteiger partial charge in [0.1, 0.15) is 0 Å². The fourth-order valence-electron chi connectivity index (χ4n) is 3.03. The quantitative estimate of drug-likeness (QED) is 0.518. The lowest BCUT2D eigenvalue weighted by molar-refractivity contribution is 0.228. The molecule has 0 amide bonds. The molecule has 0 saturated carbocycles. The number of halogens is 1. The Bertz CT molecular complexity index is 1100. The second kappa shape index (κ2) is 8.17. The van der Waals surface area contributed by atoms with Gasteiger partial charge in [-0.05, 0) is 24.1 Å². The molecule has 10 heteroatoms. The van der Waals surface area contributed by atoms with Crippen LogP contribution in [0.25, 0.3) is 11.2 Å². The van der Waals surface area contributed by atoms with Crippen LogP contribution in [-0.4, -0.2) is 48.2 Å². The van der Waals surface area contributed by atoms with E-state index in [4.69, 9.17) is 16.7 Å². The number of nitrogens with one attached hydrogen (secondary N) is 1. The highest BCUT2D eigenvalue weighted by Crippen LogP contribution is 2.15. The Hall–Kier alpha value is -2.62. The first-order valence-electron chi connectivity index (χ1n) is 8.76. The summed E-state index contributed by atoms with van der Waals surface area (Å²) in [4.78, 5) is 30.1. The van der Waals surface area contributed by atoms with E-state index in [-0.39, 0.29) is 30.9 Å². The zero-order chi connectivity index (χ0) is 20.4. The van der Waals surface area contributed by atoms with E-state index in [1.807, 2.05) is 0 Å². The maximum atomic E-state index is 13.0. The van der Waals surface area contributed by atoms with Crippen molar-refractivity contribution in [1.82, 2.24) is 18.7 Å². The van der Waals surface area contributed by atoms with Crippen LogP contribution >= 0.6 is 11.6 Å². The van der Waals surface area contributed by atoms with Gasteiger partial charge in [0.2, 0.25) is 5.95 Å². The number of imidazole rings is 1. The van der Waals surface area contributed by atoms with Crippen molar-refractivity contribution < 1.29 is 10.2 Å². The first-order chi connectivity index (χ1) is 13.4. The van der Waals surface area contributed by atoms with Crippen LogP contribution in [-0.2, 0) is 20.6 Å².